The van der Waals surface area contributed by atoms with Gasteiger partial charge in [-0.3, -0.25) is 0 Å². The van der Waals surface area contributed by atoms with E-state index in [2.05, 4.69) is 20.6 Å². The first kappa shape index (κ1) is 17.1. The Labute approximate surface area is 166 Å². The number of urea groups is 1. The fourth-order valence-corrected chi connectivity index (χ4v) is 3.24. The highest BCUT2D eigenvalue weighted by Crippen LogP contribution is 2.35. The number of nitrogens with one attached hydrogen (secondary N) is 3. The molecule has 1 aromatic heterocycles. The second-order valence-electron chi connectivity index (χ2n) is 6.62. The lowest BCUT2D eigenvalue weighted by atomic mass is 10.2. The number of para-hydroxylation sites is 1. The Bertz CT molecular complexity index is 1140. The third kappa shape index (κ3) is 3.58. The Hall–Kier alpha value is -4.00. The zero-order chi connectivity index (χ0) is 19.6. The minimum absolute atomic E-state index is 0.306. The smallest absolute Gasteiger partial charge is 0.323 e. The van der Waals surface area contributed by atoms with Crippen molar-refractivity contribution in [2.75, 3.05) is 23.8 Å². The molecule has 3 N–H and O–H groups in total. The molecule has 0 atom stereocenters. The summed E-state index contributed by atoms with van der Waals surface area (Å²) < 4.78 is 11.3. The van der Waals surface area contributed by atoms with Gasteiger partial charge >= 0.3 is 6.03 Å². The van der Waals surface area contributed by atoms with Crippen LogP contribution in [0.3, 0.4) is 0 Å². The van der Waals surface area contributed by atoms with Crippen molar-refractivity contribution >= 4 is 28.4 Å². The molecule has 0 radical (unpaired) electrons. The van der Waals surface area contributed by atoms with Crippen LogP contribution in [-0.2, 0) is 0 Å². The van der Waals surface area contributed by atoms with Gasteiger partial charge in [0.25, 0.3) is 0 Å². The molecule has 0 fully saturated rings. The van der Waals surface area contributed by atoms with Crippen molar-refractivity contribution in [3.8, 4) is 22.9 Å². The molecule has 0 saturated heterocycles. The lowest BCUT2D eigenvalue weighted by Gasteiger charge is -2.17. The van der Waals surface area contributed by atoms with Crippen LogP contribution in [0, 0.1) is 0 Å². The first-order valence-electron chi connectivity index (χ1n) is 9.27. The van der Waals surface area contributed by atoms with Crippen molar-refractivity contribution in [3.63, 3.8) is 0 Å². The first-order valence-corrected chi connectivity index (χ1v) is 9.27. The second kappa shape index (κ2) is 7.20. The van der Waals surface area contributed by atoms with E-state index in [4.69, 9.17) is 9.47 Å². The Morgan fingerprint density at radius 2 is 1.59 bits per heavy atom. The first-order chi connectivity index (χ1) is 14.2. The number of hydrogen-bond donors (Lipinski definition) is 3. The van der Waals surface area contributed by atoms with E-state index in [0.29, 0.717) is 36.2 Å². The van der Waals surface area contributed by atoms with Gasteiger partial charge < -0.3 is 25.1 Å². The van der Waals surface area contributed by atoms with Gasteiger partial charge in [0.05, 0.1) is 11.0 Å². The topological polar surface area (TPSA) is 88.3 Å². The number of rotatable bonds is 3. The number of imidazole rings is 1. The minimum atomic E-state index is -0.306. The highest BCUT2D eigenvalue weighted by Gasteiger charge is 2.15. The lowest BCUT2D eigenvalue weighted by molar-refractivity contribution is 0.172. The number of anilines is 2. The van der Waals surface area contributed by atoms with Gasteiger partial charge in [-0.1, -0.05) is 30.3 Å². The summed E-state index contributed by atoms with van der Waals surface area (Å²) in [4.78, 5) is 20.2. The zero-order valence-electron chi connectivity index (χ0n) is 15.4. The van der Waals surface area contributed by atoms with Gasteiger partial charge in [0.2, 0.25) is 0 Å². The van der Waals surface area contributed by atoms with Crippen LogP contribution in [0.25, 0.3) is 22.4 Å². The van der Waals surface area contributed by atoms with Crippen molar-refractivity contribution in [1.82, 2.24) is 9.97 Å². The predicted molar refractivity (Wildman–Crippen MR) is 112 cm³/mol. The summed E-state index contributed by atoms with van der Waals surface area (Å²) in [6.07, 6.45) is 0. The van der Waals surface area contributed by atoms with E-state index in [0.717, 1.165) is 22.3 Å². The summed E-state index contributed by atoms with van der Waals surface area (Å²) in [5, 5.41) is 5.65. The van der Waals surface area contributed by atoms with Crippen LogP contribution < -0.4 is 20.1 Å². The molecule has 144 valence electrons. The summed E-state index contributed by atoms with van der Waals surface area (Å²) in [6, 6.07) is 20.3. The van der Waals surface area contributed by atoms with Gasteiger partial charge in [-0.15, -0.1) is 0 Å². The molecule has 0 spiro atoms. The fourth-order valence-electron chi connectivity index (χ4n) is 3.24. The maximum Gasteiger partial charge on any atom is 0.323 e. The zero-order valence-corrected chi connectivity index (χ0v) is 15.4. The minimum Gasteiger partial charge on any atom is -0.486 e. The van der Waals surface area contributed by atoms with Crippen LogP contribution in [0.5, 0.6) is 11.5 Å². The second-order valence-corrected chi connectivity index (χ2v) is 6.62. The van der Waals surface area contributed by atoms with E-state index < -0.39 is 0 Å². The maximum absolute atomic E-state index is 12.2. The van der Waals surface area contributed by atoms with E-state index in [1.807, 2.05) is 66.7 Å². The molecule has 1 aliphatic heterocycles. The normalized spacial score (nSPS) is 12.6. The molecular weight excluding hydrogens is 368 g/mol. The van der Waals surface area contributed by atoms with Crippen LogP contribution in [0.15, 0.2) is 66.7 Å². The molecule has 0 bridgehead atoms. The Morgan fingerprint density at radius 3 is 2.41 bits per heavy atom. The third-order valence-electron chi connectivity index (χ3n) is 4.57. The highest BCUT2D eigenvalue weighted by atomic mass is 16.6. The summed E-state index contributed by atoms with van der Waals surface area (Å²) in [6.45, 7) is 1.08. The molecule has 1 aliphatic rings. The van der Waals surface area contributed by atoms with Crippen molar-refractivity contribution in [2.45, 2.75) is 0 Å². The SMILES string of the molecule is O=C(Nc1ccccc1)Nc1cccc(-c2nc3cc4c(cc3[nH]2)OCCO4)c1. The van der Waals surface area contributed by atoms with E-state index in [1.54, 1.807) is 0 Å². The molecule has 3 aromatic carbocycles. The number of hydrogen-bond acceptors (Lipinski definition) is 4. The van der Waals surface area contributed by atoms with E-state index in [1.165, 1.54) is 0 Å². The molecule has 0 unspecified atom stereocenters. The van der Waals surface area contributed by atoms with Crippen LogP contribution in [0.4, 0.5) is 16.2 Å². The van der Waals surface area contributed by atoms with E-state index in [-0.39, 0.29) is 6.03 Å². The van der Waals surface area contributed by atoms with Gasteiger partial charge in [-0.05, 0) is 24.3 Å². The monoisotopic (exact) mass is 386 g/mol. The maximum atomic E-state index is 12.2. The molecule has 29 heavy (non-hydrogen) atoms. The number of benzene rings is 3. The molecule has 2 heterocycles. The summed E-state index contributed by atoms with van der Waals surface area (Å²) in [7, 11) is 0. The van der Waals surface area contributed by atoms with Crippen LogP contribution in [0.2, 0.25) is 0 Å². The molecular formula is C22H18N4O3. The Balaban J connectivity index is 1.38. The number of H-pyrrole nitrogens is 1. The number of aromatic nitrogens is 2. The molecule has 0 saturated carbocycles. The highest BCUT2D eigenvalue weighted by molar-refractivity contribution is 6.00. The van der Waals surface area contributed by atoms with Crippen LogP contribution >= 0.6 is 0 Å². The number of carbonyl (C=O) groups excluding carboxylic acids is 1. The standard InChI is InChI=1S/C22H18N4O3/c27-22(23-15-6-2-1-3-7-15)24-16-8-4-5-14(11-16)21-25-17-12-19-20(13-18(17)26-21)29-10-9-28-19/h1-8,11-13H,9-10H2,(H,25,26)(H2,23,24,27). The van der Waals surface area contributed by atoms with Crippen molar-refractivity contribution < 1.29 is 14.3 Å². The molecule has 0 aliphatic carbocycles. The van der Waals surface area contributed by atoms with E-state index >= 15 is 0 Å². The van der Waals surface area contributed by atoms with Crippen LogP contribution in [0.1, 0.15) is 0 Å². The number of ether oxygens (including phenoxy) is 2. The van der Waals surface area contributed by atoms with Gasteiger partial charge in [0, 0.05) is 29.1 Å². The Morgan fingerprint density at radius 1 is 0.862 bits per heavy atom. The van der Waals surface area contributed by atoms with Gasteiger partial charge in [0.15, 0.2) is 11.5 Å². The number of carbonyl (C=O) groups is 1. The molecule has 5 rings (SSSR count). The average Bonchev–Trinajstić information content (AvgIpc) is 3.16. The fraction of sp³-hybridized carbons (Fsp3) is 0.0909. The Kier molecular flexibility index (Phi) is 4.25. The van der Waals surface area contributed by atoms with Gasteiger partial charge in [0.1, 0.15) is 19.0 Å². The summed E-state index contributed by atoms with van der Waals surface area (Å²) in [5.41, 5.74) is 3.92. The third-order valence-corrected chi connectivity index (χ3v) is 4.57. The largest absolute Gasteiger partial charge is 0.486 e. The van der Waals surface area contributed by atoms with Crippen molar-refractivity contribution in [3.05, 3.63) is 66.7 Å². The quantitative estimate of drug-likeness (QED) is 0.478. The summed E-state index contributed by atoms with van der Waals surface area (Å²) >= 11 is 0. The number of amides is 2. The van der Waals surface area contributed by atoms with Gasteiger partial charge in [-0.2, -0.15) is 0 Å². The van der Waals surface area contributed by atoms with Gasteiger partial charge in [-0.25, -0.2) is 9.78 Å². The summed E-state index contributed by atoms with van der Waals surface area (Å²) in [5.74, 6) is 2.12. The van der Waals surface area contributed by atoms with Crippen molar-refractivity contribution in [2.24, 2.45) is 0 Å². The van der Waals surface area contributed by atoms with Crippen LogP contribution in [-0.4, -0.2) is 29.2 Å². The van der Waals surface area contributed by atoms with Crippen molar-refractivity contribution in [1.29, 1.82) is 0 Å². The number of fused-ring (bicyclic) bond motifs is 2. The molecule has 7 nitrogen and oxygen atoms in total. The molecule has 2 amide bonds. The number of aromatic amines is 1. The molecule has 7 heteroatoms. The number of nitrogens with zero attached hydrogens (tertiary/aromatic N) is 1. The lowest BCUT2D eigenvalue weighted by Crippen LogP contribution is -2.19. The average molecular weight is 386 g/mol. The van der Waals surface area contributed by atoms with E-state index in [9.17, 15) is 4.79 Å². The molecule has 4 aromatic rings. The predicted octanol–water partition coefficient (Wildman–Crippen LogP) is 4.65.